The molecular formula is C23H23Cl2NO4. The minimum atomic E-state index is -0.963. The molecule has 7 heteroatoms. The van der Waals surface area contributed by atoms with Crippen LogP contribution in [0.1, 0.15) is 27.6 Å². The van der Waals surface area contributed by atoms with Crippen molar-refractivity contribution in [1.82, 2.24) is 5.32 Å². The molecule has 0 aliphatic rings. The van der Waals surface area contributed by atoms with Gasteiger partial charge in [-0.3, -0.25) is 0 Å². The lowest BCUT2D eigenvalue weighted by Gasteiger charge is -2.13. The molecule has 0 amide bonds. The van der Waals surface area contributed by atoms with Crippen molar-refractivity contribution in [2.45, 2.75) is 12.5 Å². The van der Waals surface area contributed by atoms with E-state index in [0.29, 0.717) is 23.1 Å². The van der Waals surface area contributed by atoms with Crippen molar-refractivity contribution in [1.29, 1.82) is 0 Å². The fourth-order valence-corrected chi connectivity index (χ4v) is 3.03. The Morgan fingerprint density at radius 1 is 1.00 bits per heavy atom. The van der Waals surface area contributed by atoms with Gasteiger partial charge in [0, 0.05) is 11.6 Å². The monoisotopic (exact) mass is 447 g/mol. The molecule has 0 bridgehead atoms. The highest BCUT2D eigenvalue weighted by atomic mass is 35.5. The van der Waals surface area contributed by atoms with Gasteiger partial charge in [0.05, 0.1) is 11.7 Å². The van der Waals surface area contributed by atoms with E-state index >= 15 is 0 Å². The summed E-state index contributed by atoms with van der Waals surface area (Å²) in [5.74, 6) is 0.301. The SMILES string of the molecule is Cl.O=C(O)c1ccc(Oc2ccc(CCNC[C@H](O)c3cccc(Cl)c3)cc2)cc1. The number of ether oxygens (including phenoxy) is 1. The van der Waals surface area contributed by atoms with Crippen molar-refractivity contribution in [3.05, 3.63) is 94.5 Å². The van der Waals surface area contributed by atoms with Gasteiger partial charge in [0.1, 0.15) is 11.5 Å². The summed E-state index contributed by atoms with van der Waals surface area (Å²) in [5.41, 5.74) is 2.16. The second-order valence-electron chi connectivity index (χ2n) is 6.60. The second kappa shape index (κ2) is 11.6. The Morgan fingerprint density at radius 3 is 2.23 bits per heavy atom. The van der Waals surface area contributed by atoms with Crippen molar-refractivity contribution >= 4 is 30.0 Å². The van der Waals surface area contributed by atoms with E-state index in [9.17, 15) is 9.90 Å². The van der Waals surface area contributed by atoms with Crippen molar-refractivity contribution in [2.75, 3.05) is 13.1 Å². The summed E-state index contributed by atoms with van der Waals surface area (Å²) in [6, 6.07) is 21.2. The average molecular weight is 448 g/mol. The zero-order valence-electron chi connectivity index (χ0n) is 16.1. The number of carboxylic acid groups (broad SMARTS) is 1. The molecule has 0 aliphatic carbocycles. The first-order chi connectivity index (χ1) is 14.0. The lowest BCUT2D eigenvalue weighted by atomic mass is 10.1. The maximum Gasteiger partial charge on any atom is 0.335 e. The third-order valence-electron chi connectivity index (χ3n) is 4.42. The topological polar surface area (TPSA) is 78.8 Å². The highest BCUT2D eigenvalue weighted by molar-refractivity contribution is 6.30. The van der Waals surface area contributed by atoms with E-state index in [4.69, 9.17) is 21.4 Å². The standard InChI is InChI=1S/C23H22ClNO4.ClH/c24-19-3-1-2-18(14-19)22(26)15-25-13-12-16-4-8-20(9-5-16)29-21-10-6-17(7-11-21)23(27)28;/h1-11,14,22,25-26H,12-13,15H2,(H,27,28);1H/t22-;/m0./s1. The number of nitrogens with one attached hydrogen (secondary N) is 1. The van der Waals surface area contributed by atoms with Gasteiger partial charge in [-0.2, -0.15) is 0 Å². The number of benzene rings is 3. The minimum absolute atomic E-state index is 0. The molecule has 0 heterocycles. The van der Waals surface area contributed by atoms with Crippen molar-refractivity contribution in [2.24, 2.45) is 0 Å². The molecule has 3 rings (SSSR count). The van der Waals surface area contributed by atoms with E-state index in [1.807, 2.05) is 36.4 Å². The van der Waals surface area contributed by atoms with Crippen LogP contribution in [-0.4, -0.2) is 29.3 Å². The summed E-state index contributed by atoms with van der Waals surface area (Å²) < 4.78 is 5.73. The van der Waals surface area contributed by atoms with Gasteiger partial charge in [0.25, 0.3) is 0 Å². The zero-order chi connectivity index (χ0) is 20.6. The van der Waals surface area contributed by atoms with Crippen molar-refractivity contribution in [3.8, 4) is 11.5 Å². The smallest absolute Gasteiger partial charge is 0.335 e. The van der Waals surface area contributed by atoms with Crippen LogP contribution in [0.5, 0.6) is 11.5 Å². The van der Waals surface area contributed by atoms with Crippen LogP contribution in [0.15, 0.2) is 72.8 Å². The van der Waals surface area contributed by atoms with Gasteiger partial charge in [0.15, 0.2) is 0 Å². The summed E-state index contributed by atoms with van der Waals surface area (Å²) in [6.07, 6.45) is 0.215. The number of carboxylic acids is 1. The molecule has 3 N–H and O–H groups in total. The first kappa shape index (κ1) is 23.7. The van der Waals surface area contributed by atoms with Crippen LogP contribution < -0.4 is 10.1 Å². The molecule has 1 atom stereocenters. The normalized spacial score (nSPS) is 11.4. The number of hydrogen-bond acceptors (Lipinski definition) is 4. The molecule has 0 radical (unpaired) electrons. The van der Waals surface area contributed by atoms with Gasteiger partial charge in [-0.1, -0.05) is 35.9 Å². The Labute approximate surface area is 186 Å². The number of hydrogen-bond donors (Lipinski definition) is 3. The van der Waals surface area contributed by atoms with Crippen LogP contribution in [-0.2, 0) is 6.42 Å². The number of aliphatic hydroxyl groups is 1. The van der Waals surface area contributed by atoms with Crippen molar-refractivity contribution in [3.63, 3.8) is 0 Å². The highest BCUT2D eigenvalue weighted by Crippen LogP contribution is 2.22. The van der Waals surface area contributed by atoms with E-state index in [1.165, 1.54) is 12.1 Å². The van der Waals surface area contributed by atoms with E-state index in [2.05, 4.69) is 5.32 Å². The van der Waals surface area contributed by atoms with Crippen molar-refractivity contribution < 1.29 is 19.7 Å². The Hall–Kier alpha value is -2.57. The number of rotatable bonds is 9. The van der Waals surface area contributed by atoms with Gasteiger partial charge in [-0.15, -0.1) is 12.4 Å². The fraction of sp³-hybridized carbons (Fsp3) is 0.174. The maximum atomic E-state index is 10.9. The van der Waals surface area contributed by atoms with Crippen LogP contribution in [0.3, 0.4) is 0 Å². The number of aliphatic hydroxyl groups excluding tert-OH is 1. The first-order valence-electron chi connectivity index (χ1n) is 9.25. The van der Waals surface area contributed by atoms with Crippen LogP contribution >= 0.6 is 24.0 Å². The van der Waals surface area contributed by atoms with Gasteiger partial charge in [-0.05, 0) is 72.6 Å². The molecule has 30 heavy (non-hydrogen) atoms. The molecule has 5 nitrogen and oxygen atoms in total. The Morgan fingerprint density at radius 2 is 1.63 bits per heavy atom. The first-order valence-corrected chi connectivity index (χ1v) is 9.63. The van der Waals surface area contributed by atoms with E-state index < -0.39 is 12.1 Å². The molecule has 0 unspecified atom stereocenters. The molecule has 158 valence electrons. The fourth-order valence-electron chi connectivity index (χ4n) is 2.83. The van der Waals surface area contributed by atoms with Gasteiger partial charge < -0.3 is 20.3 Å². The Bertz CT molecular complexity index is 946. The molecule has 3 aromatic rings. The van der Waals surface area contributed by atoms with E-state index in [0.717, 1.165) is 24.1 Å². The lowest BCUT2D eigenvalue weighted by Crippen LogP contribution is -2.23. The third-order valence-corrected chi connectivity index (χ3v) is 4.66. The summed E-state index contributed by atoms with van der Waals surface area (Å²) >= 11 is 5.95. The minimum Gasteiger partial charge on any atom is -0.478 e. The number of carbonyl (C=O) groups is 1. The molecule has 0 saturated heterocycles. The van der Waals surface area contributed by atoms with Gasteiger partial charge in [0.2, 0.25) is 0 Å². The quantitative estimate of drug-likeness (QED) is 0.396. The number of halogens is 2. The maximum absolute atomic E-state index is 10.9. The summed E-state index contributed by atoms with van der Waals surface area (Å²) in [7, 11) is 0. The molecule has 0 saturated carbocycles. The lowest BCUT2D eigenvalue weighted by molar-refractivity contribution is 0.0697. The number of aromatic carboxylic acids is 1. The third kappa shape index (κ3) is 7.04. The summed E-state index contributed by atoms with van der Waals surface area (Å²) in [4.78, 5) is 10.9. The molecule has 3 aromatic carbocycles. The predicted molar refractivity (Wildman–Crippen MR) is 120 cm³/mol. The zero-order valence-corrected chi connectivity index (χ0v) is 17.7. The highest BCUT2D eigenvalue weighted by Gasteiger charge is 2.07. The molecule has 0 spiro atoms. The van der Waals surface area contributed by atoms with E-state index in [1.54, 1.807) is 24.3 Å². The summed E-state index contributed by atoms with van der Waals surface area (Å²) in [6.45, 7) is 1.18. The Kier molecular flexibility index (Phi) is 9.15. The molecular weight excluding hydrogens is 425 g/mol. The molecule has 0 aromatic heterocycles. The Balaban J connectivity index is 0.00000320. The van der Waals surface area contributed by atoms with Crippen LogP contribution in [0, 0.1) is 0 Å². The van der Waals surface area contributed by atoms with Crippen LogP contribution in [0.25, 0.3) is 0 Å². The average Bonchev–Trinajstić information content (AvgIpc) is 2.72. The predicted octanol–water partition coefficient (Wildman–Crippen LogP) is 5.12. The van der Waals surface area contributed by atoms with Gasteiger partial charge >= 0.3 is 5.97 Å². The molecule has 0 aliphatic heterocycles. The largest absolute Gasteiger partial charge is 0.478 e. The summed E-state index contributed by atoms with van der Waals surface area (Å²) in [5, 5.41) is 23.0. The van der Waals surface area contributed by atoms with Gasteiger partial charge in [-0.25, -0.2) is 4.79 Å². The van der Waals surface area contributed by atoms with Crippen LogP contribution in [0.2, 0.25) is 5.02 Å². The van der Waals surface area contributed by atoms with Crippen LogP contribution in [0.4, 0.5) is 0 Å². The van der Waals surface area contributed by atoms with E-state index in [-0.39, 0.29) is 18.0 Å². The second-order valence-corrected chi connectivity index (χ2v) is 7.04. The molecule has 0 fully saturated rings.